The molecule has 2 aromatic rings. The molecule has 1 heterocycles. The first-order valence-electron chi connectivity index (χ1n) is 11.8. The number of carbonyl (C=O) groups excluding carboxylic acids is 1. The molecular weight excluding hydrogens is 420 g/mol. The predicted octanol–water partition coefficient (Wildman–Crippen LogP) is 4.84. The monoisotopic (exact) mass is 454 g/mol. The fourth-order valence-electron chi connectivity index (χ4n) is 5.07. The van der Waals surface area contributed by atoms with E-state index in [4.69, 9.17) is 0 Å². The van der Waals surface area contributed by atoms with E-state index in [1.807, 2.05) is 49.4 Å². The van der Waals surface area contributed by atoms with E-state index >= 15 is 0 Å². The Morgan fingerprint density at radius 3 is 2.38 bits per heavy atom. The molecule has 0 spiro atoms. The molecule has 6 heteroatoms. The number of benzene rings is 2. The van der Waals surface area contributed by atoms with Crippen molar-refractivity contribution in [3.63, 3.8) is 0 Å². The van der Waals surface area contributed by atoms with Crippen molar-refractivity contribution in [2.75, 3.05) is 13.1 Å². The summed E-state index contributed by atoms with van der Waals surface area (Å²) in [6, 6.07) is 17.2. The van der Waals surface area contributed by atoms with E-state index < -0.39 is 15.4 Å². The fraction of sp³-hybridized carbons (Fsp3) is 0.500. The van der Waals surface area contributed by atoms with Gasteiger partial charge in [-0.1, -0.05) is 61.7 Å². The van der Waals surface area contributed by atoms with Crippen molar-refractivity contribution in [1.82, 2.24) is 9.62 Å². The van der Waals surface area contributed by atoms with Gasteiger partial charge in [0, 0.05) is 19.6 Å². The lowest BCUT2D eigenvalue weighted by Crippen LogP contribution is -2.51. The Balaban J connectivity index is 1.43. The first-order valence-corrected chi connectivity index (χ1v) is 13.2. The van der Waals surface area contributed by atoms with Crippen LogP contribution in [-0.4, -0.2) is 31.7 Å². The smallest absolute Gasteiger partial charge is 0.243 e. The van der Waals surface area contributed by atoms with Crippen LogP contribution in [0.3, 0.4) is 0 Å². The first kappa shape index (κ1) is 23.0. The molecule has 0 radical (unpaired) electrons. The van der Waals surface area contributed by atoms with Gasteiger partial charge in [-0.25, -0.2) is 8.42 Å². The summed E-state index contributed by atoms with van der Waals surface area (Å²) in [4.78, 5) is 13.3. The number of amides is 1. The number of nitrogens with zero attached hydrogens (tertiary/aromatic N) is 1. The minimum Gasteiger partial charge on any atom is -0.352 e. The van der Waals surface area contributed by atoms with Crippen LogP contribution in [0.25, 0.3) is 0 Å². The molecule has 2 fully saturated rings. The van der Waals surface area contributed by atoms with Gasteiger partial charge in [0.25, 0.3) is 0 Å². The molecule has 4 rings (SSSR count). The molecule has 32 heavy (non-hydrogen) atoms. The summed E-state index contributed by atoms with van der Waals surface area (Å²) in [5.74, 6) is 0.459. The van der Waals surface area contributed by atoms with Gasteiger partial charge in [0.1, 0.15) is 0 Å². The summed E-state index contributed by atoms with van der Waals surface area (Å²) < 4.78 is 28.2. The van der Waals surface area contributed by atoms with Gasteiger partial charge in [-0.15, -0.1) is 0 Å². The zero-order valence-electron chi connectivity index (χ0n) is 18.9. The molecule has 5 nitrogen and oxygen atoms in total. The maximum absolute atomic E-state index is 13.4. The molecule has 1 N–H and O–H groups in total. The second kappa shape index (κ2) is 9.75. The van der Waals surface area contributed by atoms with E-state index in [1.165, 1.54) is 42.0 Å². The van der Waals surface area contributed by atoms with Crippen molar-refractivity contribution >= 4 is 15.9 Å². The Morgan fingerprint density at radius 1 is 1.00 bits per heavy atom. The highest BCUT2D eigenvalue weighted by Crippen LogP contribution is 2.35. The summed E-state index contributed by atoms with van der Waals surface area (Å²) in [5.41, 5.74) is 1.54. The molecule has 2 aromatic carbocycles. The molecule has 1 saturated heterocycles. The fourth-order valence-corrected chi connectivity index (χ4v) is 6.67. The Morgan fingerprint density at radius 2 is 1.69 bits per heavy atom. The number of nitrogens with one attached hydrogen (secondary N) is 1. The van der Waals surface area contributed by atoms with E-state index in [0.717, 1.165) is 5.56 Å². The van der Waals surface area contributed by atoms with Gasteiger partial charge in [0.2, 0.25) is 15.9 Å². The maximum Gasteiger partial charge on any atom is 0.243 e. The van der Waals surface area contributed by atoms with Gasteiger partial charge in [0.05, 0.1) is 10.3 Å². The average Bonchev–Trinajstić information content (AvgIpc) is 2.84. The van der Waals surface area contributed by atoms with Crippen LogP contribution in [0.1, 0.15) is 68.9 Å². The van der Waals surface area contributed by atoms with E-state index in [-0.39, 0.29) is 12.5 Å². The lowest BCUT2D eigenvalue weighted by atomic mass is 9.82. The summed E-state index contributed by atoms with van der Waals surface area (Å²) in [6.45, 7) is 2.99. The van der Waals surface area contributed by atoms with Crippen molar-refractivity contribution in [2.24, 2.45) is 5.41 Å². The maximum atomic E-state index is 13.4. The highest BCUT2D eigenvalue weighted by atomic mass is 32.2. The molecule has 0 aromatic heterocycles. The van der Waals surface area contributed by atoms with Gasteiger partial charge in [0.15, 0.2) is 0 Å². The second-order valence-corrected chi connectivity index (χ2v) is 11.5. The van der Waals surface area contributed by atoms with Crippen LogP contribution in [-0.2, 0) is 21.4 Å². The molecule has 1 atom stereocenters. The van der Waals surface area contributed by atoms with Gasteiger partial charge in [-0.05, 0) is 61.8 Å². The molecule has 1 saturated carbocycles. The largest absolute Gasteiger partial charge is 0.352 e. The number of hydrogen-bond acceptors (Lipinski definition) is 3. The van der Waals surface area contributed by atoms with Crippen molar-refractivity contribution in [3.05, 3.63) is 65.7 Å². The van der Waals surface area contributed by atoms with E-state index in [0.29, 0.717) is 36.7 Å². The SMILES string of the molecule is C[C@]1(C(=O)NCc2ccccc2)CCCN(S(=O)(=O)c2ccc(C3CCCCC3)cc2)C1. The zero-order chi connectivity index (χ0) is 22.6. The Labute approximate surface area is 192 Å². The quantitative estimate of drug-likeness (QED) is 0.679. The summed E-state index contributed by atoms with van der Waals surface area (Å²) in [7, 11) is -3.63. The zero-order valence-corrected chi connectivity index (χ0v) is 19.7. The number of hydrogen-bond donors (Lipinski definition) is 1. The molecule has 1 amide bonds. The minimum absolute atomic E-state index is 0.0890. The van der Waals surface area contributed by atoms with Gasteiger partial charge in [-0.3, -0.25) is 4.79 Å². The molecule has 1 aliphatic carbocycles. The normalized spacial score (nSPS) is 23.0. The Hall–Kier alpha value is -2.18. The molecule has 172 valence electrons. The third-order valence-corrected chi connectivity index (χ3v) is 8.96. The molecule has 1 aliphatic heterocycles. The Bertz CT molecular complexity index is 1010. The Kier molecular flexibility index (Phi) is 7.01. The summed E-state index contributed by atoms with van der Waals surface area (Å²) in [5, 5.41) is 3.00. The van der Waals surface area contributed by atoms with Crippen molar-refractivity contribution in [1.29, 1.82) is 0 Å². The van der Waals surface area contributed by atoms with Crippen LogP contribution in [0, 0.1) is 5.41 Å². The average molecular weight is 455 g/mol. The highest BCUT2D eigenvalue weighted by Gasteiger charge is 2.41. The van der Waals surface area contributed by atoms with Crippen LogP contribution in [0.5, 0.6) is 0 Å². The standard InChI is InChI=1S/C26H34N2O3S/c1-26(25(29)27-19-21-9-4-2-5-10-21)17-8-18-28(20-26)32(30,31)24-15-13-23(14-16-24)22-11-6-3-7-12-22/h2,4-5,9-10,13-16,22H,3,6-8,11-12,17-20H2,1H3,(H,27,29)/t26-/m0/s1. The van der Waals surface area contributed by atoms with Crippen LogP contribution < -0.4 is 5.32 Å². The third-order valence-electron chi connectivity index (χ3n) is 7.10. The van der Waals surface area contributed by atoms with Crippen LogP contribution >= 0.6 is 0 Å². The van der Waals surface area contributed by atoms with Crippen LogP contribution in [0.4, 0.5) is 0 Å². The third kappa shape index (κ3) is 5.07. The first-order chi connectivity index (χ1) is 15.4. The van der Waals surface area contributed by atoms with E-state index in [1.54, 1.807) is 12.1 Å². The predicted molar refractivity (Wildman–Crippen MR) is 127 cm³/mol. The highest BCUT2D eigenvalue weighted by molar-refractivity contribution is 7.89. The van der Waals surface area contributed by atoms with E-state index in [9.17, 15) is 13.2 Å². The number of piperidine rings is 1. The lowest BCUT2D eigenvalue weighted by molar-refractivity contribution is -0.132. The summed E-state index contributed by atoms with van der Waals surface area (Å²) in [6.07, 6.45) is 7.54. The van der Waals surface area contributed by atoms with E-state index in [2.05, 4.69) is 5.32 Å². The number of sulfonamides is 1. The van der Waals surface area contributed by atoms with Crippen molar-refractivity contribution in [3.8, 4) is 0 Å². The number of carbonyl (C=O) groups is 1. The minimum atomic E-state index is -3.63. The van der Waals surface area contributed by atoms with Crippen LogP contribution in [0.2, 0.25) is 0 Å². The van der Waals surface area contributed by atoms with Gasteiger partial charge >= 0.3 is 0 Å². The number of rotatable bonds is 6. The van der Waals surface area contributed by atoms with Crippen molar-refractivity contribution in [2.45, 2.75) is 69.2 Å². The van der Waals surface area contributed by atoms with Crippen molar-refractivity contribution < 1.29 is 13.2 Å². The van der Waals surface area contributed by atoms with Crippen LogP contribution in [0.15, 0.2) is 59.5 Å². The van der Waals surface area contributed by atoms with Gasteiger partial charge < -0.3 is 5.32 Å². The van der Waals surface area contributed by atoms with Gasteiger partial charge in [-0.2, -0.15) is 4.31 Å². The lowest BCUT2D eigenvalue weighted by Gasteiger charge is -2.38. The topological polar surface area (TPSA) is 66.5 Å². The molecule has 2 aliphatic rings. The second-order valence-electron chi connectivity index (χ2n) is 9.58. The molecule has 0 unspecified atom stereocenters. The molecular formula is C26H34N2O3S. The summed E-state index contributed by atoms with van der Waals surface area (Å²) >= 11 is 0. The molecule has 0 bridgehead atoms.